The number of benzene rings is 2. The van der Waals surface area contributed by atoms with Gasteiger partial charge in [-0.05, 0) is 108 Å². The lowest BCUT2D eigenvalue weighted by Gasteiger charge is -2.41. The molecule has 4 rings (SSSR count). The summed E-state index contributed by atoms with van der Waals surface area (Å²) in [5.41, 5.74) is 6.75. The number of rotatable bonds is 13. The zero-order chi connectivity index (χ0) is 31.8. The Labute approximate surface area is 263 Å². The molecular weight excluding hydrogens is 552 g/mol. The Morgan fingerprint density at radius 2 is 1.66 bits per heavy atom. The predicted molar refractivity (Wildman–Crippen MR) is 179 cm³/mol. The summed E-state index contributed by atoms with van der Waals surface area (Å²) in [4.78, 5) is 36.0. The molecule has 0 saturated heterocycles. The molecule has 0 spiro atoms. The van der Waals surface area contributed by atoms with Gasteiger partial charge >= 0.3 is 0 Å². The van der Waals surface area contributed by atoms with Crippen molar-refractivity contribution >= 4 is 23.1 Å². The second-order valence-electron chi connectivity index (χ2n) is 12.3. The summed E-state index contributed by atoms with van der Waals surface area (Å²) in [5, 5.41) is 3.05. The monoisotopic (exact) mass is 602 g/mol. The Morgan fingerprint density at radius 1 is 0.977 bits per heavy atom. The van der Waals surface area contributed by atoms with Gasteiger partial charge in [0, 0.05) is 66.9 Å². The van der Waals surface area contributed by atoms with E-state index in [1.54, 1.807) is 7.11 Å². The van der Waals surface area contributed by atoms with Crippen LogP contribution in [0.25, 0.3) is 11.1 Å². The van der Waals surface area contributed by atoms with Crippen molar-refractivity contribution in [3.8, 4) is 16.9 Å². The molecule has 8 heteroatoms. The number of ether oxygens (including phenoxy) is 2. The number of nitrogens with one attached hydrogen (secondary N) is 1. The Balaban J connectivity index is 1.69. The van der Waals surface area contributed by atoms with E-state index < -0.39 is 0 Å². The second kappa shape index (κ2) is 15.5. The summed E-state index contributed by atoms with van der Waals surface area (Å²) in [6.45, 7) is 10.1. The lowest BCUT2D eigenvalue weighted by molar-refractivity contribution is -0.114. The third-order valence-corrected chi connectivity index (χ3v) is 8.95. The van der Waals surface area contributed by atoms with Gasteiger partial charge in [-0.15, -0.1) is 0 Å². The normalized spacial score (nSPS) is 18.8. The van der Waals surface area contributed by atoms with E-state index in [2.05, 4.69) is 54.1 Å². The Hall–Kier alpha value is -3.49. The minimum atomic E-state index is -0.183. The van der Waals surface area contributed by atoms with Gasteiger partial charge in [-0.25, -0.2) is 0 Å². The number of carbonyl (C=O) groups is 2. The van der Waals surface area contributed by atoms with Crippen LogP contribution in [0, 0.1) is 6.92 Å². The average molecular weight is 603 g/mol. The minimum Gasteiger partial charge on any atom is -0.491 e. The van der Waals surface area contributed by atoms with Gasteiger partial charge in [0.2, 0.25) is 0 Å². The second-order valence-corrected chi connectivity index (χ2v) is 12.3. The summed E-state index contributed by atoms with van der Waals surface area (Å²) in [7, 11) is 6.01. The average Bonchev–Trinajstić information content (AvgIpc) is 3.00. The van der Waals surface area contributed by atoms with Crippen molar-refractivity contribution < 1.29 is 19.1 Å². The maximum atomic E-state index is 13.9. The van der Waals surface area contributed by atoms with Crippen molar-refractivity contribution in [2.24, 2.45) is 4.99 Å². The molecule has 1 N–H and O–H groups in total. The fourth-order valence-corrected chi connectivity index (χ4v) is 6.44. The molecule has 1 aliphatic heterocycles. The number of hydrogen-bond donors (Lipinski definition) is 1. The van der Waals surface area contributed by atoms with Crippen molar-refractivity contribution in [2.75, 3.05) is 52.4 Å². The highest BCUT2D eigenvalue weighted by atomic mass is 16.5. The molecule has 1 heterocycles. The number of anilines is 1. The van der Waals surface area contributed by atoms with Crippen LogP contribution in [-0.2, 0) is 9.53 Å². The summed E-state index contributed by atoms with van der Waals surface area (Å²) in [6, 6.07) is 13.3. The highest BCUT2D eigenvalue weighted by molar-refractivity contribution is 6.12. The van der Waals surface area contributed by atoms with E-state index in [1.807, 2.05) is 44.2 Å². The van der Waals surface area contributed by atoms with E-state index in [0.29, 0.717) is 48.6 Å². The number of hydrogen-bond acceptors (Lipinski definition) is 7. The Kier molecular flexibility index (Phi) is 11.8. The van der Waals surface area contributed by atoms with Gasteiger partial charge < -0.3 is 24.6 Å². The molecule has 238 valence electrons. The maximum Gasteiger partial charge on any atom is 0.251 e. The van der Waals surface area contributed by atoms with Gasteiger partial charge in [-0.3, -0.25) is 14.6 Å². The summed E-state index contributed by atoms with van der Waals surface area (Å²) < 4.78 is 10.9. The lowest BCUT2D eigenvalue weighted by Crippen LogP contribution is -2.43. The maximum absolute atomic E-state index is 13.9. The number of methoxy groups -OCH3 is 1. The van der Waals surface area contributed by atoms with E-state index in [4.69, 9.17) is 9.47 Å². The van der Waals surface area contributed by atoms with Crippen molar-refractivity contribution in [3.05, 3.63) is 58.8 Å². The minimum absolute atomic E-state index is 0.0247. The van der Waals surface area contributed by atoms with Gasteiger partial charge in [-0.2, -0.15) is 0 Å². The summed E-state index contributed by atoms with van der Waals surface area (Å²) >= 11 is 0. The van der Waals surface area contributed by atoms with Crippen LogP contribution in [-0.4, -0.2) is 81.9 Å². The zero-order valence-electron chi connectivity index (χ0n) is 27.7. The first-order valence-corrected chi connectivity index (χ1v) is 16.0. The standard InChI is InChI=1S/C36H50N4O4/c1-8-17-40(30-13-11-29(12-14-30)39(5)6)34-22-28(27-9-15-31(16-10-27)44-19-18-43-7)21-32(25(34)3)36(42)37-23-33-26(4)38-24(2)20-35(33)41/h9-10,15-16,21-22,29-30H,8,11-14,17-20,23H2,1-7H3,(H,37,42). The molecular formula is C36H50N4O4. The molecule has 0 bridgehead atoms. The number of Topliss-reactive ketones (excluding diaryl/α,β-unsaturated/α-hetero) is 1. The van der Waals surface area contributed by atoms with Crippen molar-refractivity contribution in [1.82, 2.24) is 10.2 Å². The molecule has 0 radical (unpaired) electrons. The van der Waals surface area contributed by atoms with Crippen LogP contribution in [0.4, 0.5) is 5.69 Å². The summed E-state index contributed by atoms with van der Waals surface area (Å²) in [5.74, 6) is 0.619. The third-order valence-electron chi connectivity index (χ3n) is 8.95. The van der Waals surface area contributed by atoms with Crippen LogP contribution < -0.4 is 15.0 Å². The third kappa shape index (κ3) is 8.16. The first-order valence-electron chi connectivity index (χ1n) is 16.0. The molecule has 1 aliphatic carbocycles. The zero-order valence-corrected chi connectivity index (χ0v) is 27.7. The largest absolute Gasteiger partial charge is 0.491 e. The molecule has 1 fully saturated rings. The fraction of sp³-hybridized carbons (Fsp3) is 0.528. The molecule has 0 aromatic heterocycles. The van der Waals surface area contributed by atoms with E-state index >= 15 is 0 Å². The molecule has 2 aliphatic rings. The van der Waals surface area contributed by atoms with E-state index in [1.165, 1.54) is 12.8 Å². The predicted octanol–water partition coefficient (Wildman–Crippen LogP) is 6.21. The number of carbonyl (C=O) groups excluding carboxylic acids is 2. The first-order chi connectivity index (χ1) is 21.1. The molecule has 2 aromatic carbocycles. The van der Waals surface area contributed by atoms with E-state index in [-0.39, 0.29) is 18.2 Å². The van der Waals surface area contributed by atoms with Gasteiger partial charge in [0.25, 0.3) is 5.91 Å². The summed E-state index contributed by atoms with van der Waals surface area (Å²) in [6.07, 6.45) is 5.89. The molecule has 1 saturated carbocycles. The highest BCUT2D eigenvalue weighted by Gasteiger charge is 2.29. The molecule has 0 atom stereocenters. The topological polar surface area (TPSA) is 83.5 Å². The number of aliphatic imine (C=N–C) groups is 1. The lowest BCUT2D eigenvalue weighted by atomic mass is 9.88. The first kappa shape index (κ1) is 33.4. The van der Waals surface area contributed by atoms with Crippen molar-refractivity contribution in [3.63, 3.8) is 0 Å². The molecule has 0 unspecified atom stereocenters. The van der Waals surface area contributed by atoms with Crippen LogP contribution in [0.3, 0.4) is 0 Å². The molecule has 8 nitrogen and oxygen atoms in total. The highest BCUT2D eigenvalue weighted by Crippen LogP contribution is 2.36. The van der Waals surface area contributed by atoms with Crippen LogP contribution in [0.1, 0.15) is 75.2 Å². The van der Waals surface area contributed by atoms with E-state index in [0.717, 1.165) is 59.6 Å². The Bertz CT molecular complexity index is 1370. The van der Waals surface area contributed by atoms with Gasteiger partial charge in [0.15, 0.2) is 5.78 Å². The van der Waals surface area contributed by atoms with Crippen molar-refractivity contribution in [1.29, 1.82) is 0 Å². The van der Waals surface area contributed by atoms with E-state index in [9.17, 15) is 9.59 Å². The van der Waals surface area contributed by atoms with Crippen LogP contribution in [0.2, 0.25) is 0 Å². The van der Waals surface area contributed by atoms with Gasteiger partial charge in [0.1, 0.15) is 12.4 Å². The Morgan fingerprint density at radius 3 is 2.27 bits per heavy atom. The van der Waals surface area contributed by atoms with Crippen LogP contribution in [0.5, 0.6) is 5.75 Å². The SMILES string of the molecule is CCCN(c1cc(-c2ccc(OCCOC)cc2)cc(C(=O)NCC2=C(C)N=C(C)CC2=O)c1C)C1CCC(N(C)C)CC1. The number of amides is 1. The number of nitrogens with zero attached hydrogens (tertiary/aromatic N) is 3. The smallest absolute Gasteiger partial charge is 0.251 e. The quantitative estimate of drug-likeness (QED) is 0.275. The molecule has 44 heavy (non-hydrogen) atoms. The number of ketones is 1. The number of allylic oxidation sites excluding steroid dienone is 1. The molecule has 1 amide bonds. The van der Waals surface area contributed by atoms with Crippen LogP contribution in [0.15, 0.2) is 52.7 Å². The fourth-order valence-electron chi connectivity index (χ4n) is 6.44. The molecule has 2 aromatic rings. The van der Waals surface area contributed by atoms with Gasteiger partial charge in [0.05, 0.1) is 6.61 Å². The van der Waals surface area contributed by atoms with Crippen molar-refractivity contribution in [2.45, 2.75) is 78.3 Å². The van der Waals surface area contributed by atoms with Crippen LogP contribution >= 0.6 is 0 Å². The van der Waals surface area contributed by atoms with Gasteiger partial charge in [-0.1, -0.05) is 19.1 Å².